The minimum atomic E-state index is -0.453. The summed E-state index contributed by atoms with van der Waals surface area (Å²) in [6, 6.07) is 9.25. The number of benzene rings is 1. The number of nitrogens with zero attached hydrogens (tertiary/aromatic N) is 1. The highest BCUT2D eigenvalue weighted by Gasteiger charge is 2.61. The number of unbranched alkanes of at least 4 members (excludes halogenated alkanes) is 1. The van der Waals surface area contributed by atoms with Gasteiger partial charge in [-0.3, -0.25) is 4.90 Å². The molecule has 2 saturated heterocycles. The van der Waals surface area contributed by atoms with Crippen molar-refractivity contribution in [1.29, 1.82) is 0 Å². The summed E-state index contributed by atoms with van der Waals surface area (Å²) in [7, 11) is 0. The maximum atomic E-state index is 12.2. The van der Waals surface area contributed by atoms with Gasteiger partial charge in [-0.2, -0.15) is 0 Å². The largest absolute Gasteiger partial charge is 0.449 e. The molecule has 3 aliphatic heterocycles. The average Bonchev–Trinajstić information content (AvgIpc) is 3.20. The number of carbonyl (C=O) groups is 1. The van der Waals surface area contributed by atoms with Gasteiger partial charge in [-0.25, -0.2) is 4.79 Å². The predicted molar refractivity (Wildman–Crippen MR) is 110 cm³/mol. The van der Waals surface area contributed by atoms with Gasteiger partial charge in [-0.1, -0.05) is 49.8 Å². The van der Waals surface area contributed by atoms with Crippen LogP contribution >= 0.6 is 0 Å². The van der Waals surface area contributed by atoms with E-state index in [1.54, 1.807) is 6.08 Å². The normalized spacial score (nSPS) is 30.5. The Labute approximate surface area is 167 Å². The molecule has 1 aromatic rings. The van der Waals surface area contributed by atoms with Crippen molar-refractivity contribution in [3.05, 3.63) is 58.7 Å². The van der Waals surface area contributed by atoms with E-state index < -0.39 is 5.60 Å². The van der Waals surface area contributed by atoms with E-state index >= 15 is 0 Å². The molecule has 3 atom stereocenters. The Balaban J connectivity index is 1.44. The fraction of sp³-hybridized carbons (Fsp3) is 0.480. The molecule has 1 aliphatic carbocycles. The van der Waals surface area contributed by atoms with E-state index in [2.05, 4.69) is 54.0 Å². The number of ether oxygens (including phenoxy) is 1. The first-order valence-corrected chi connectivity index (χ1v) is 10.7. The maximum Gasteiger partial charge on any atom is 0.332 e. The Kier molecular flexibility index (Phi) is 4.40. The second-order valence-corrected chi connectivity index (χ2v) is 8.52. The lowest BCUT2D eigenvalue weighted by Gasteiger charge is -2.38. The standard InChI is InChI=1S/C25H27NO2/c1-2-3-6-18-8-10-19(11-9-18)12-13-20-15-21-17-25(22(20)16-24(27)28-25)23-7-4-5-14-26(21)23/h8-11,15-16,21,23H,2-7,14,17H2,1H3/t21-,23?,25+/m1/s1. The van der Waals surface area contributed by atoms with E-state index in [0.717, 1.165) is 42.5 Å². The van der Waals surface area contributed by atoms with Crippen LogP contribution < -0.4 is 0 Å². The highest BCUT2D eigenvalue weighted by Crippen LogP contribution is 2.53. The Morgan fingerprint density at radius 3 is 2.89 bits per heavy atom. The van der Waals surface area contributed by atoms with Crippen molar-refractivity contribution in [1.82, 2.24) is 4.90 Å². The molecular formula is C25H27NO2. The van der Waals surface area contributed by atoms with Crippen LogP contribution in [0.5, 0.6) is 0 Å². The van der Waals surface area contributed by atoms with Crippen LogP contribution in [0.1, 0.15) is 56.6 Å². The summed E-state index contributed by atoms with van der Waals surface area (Å²) in [5.74, 6) is 6.51. The first-order valence-electron chi connectivity index (χ1n) is 10.7. The predicted octanol–water partition coefficient (Wildman–Crippen LogP) is 4.17. The third-order valence-corrected chi connectivity index (χ3v) is 6.79. The third kappa shape index (κ3) is 2.83. The van der Waals surface area contributed by atoms with E-state index in [4.69, 9.17) is 4.74 Å². The van der Waals surface area contributed by atoms with Gasteiger partial charge >= 0.3 is 5.97 Å². The Hall–Kier alpha value is -2.31. The molecule has 1 spiro atoms. The molecule has 3 heterocycles. The van der Waals surface area contributed by atoms with Gasteiger partial charge in [0, 0.05) is 35.2 Å². The van der Waals surface area contributed by atoms with Crippen LogP contribution in [-0.2, 0) is 16.0 Å². The zero-order valence-electron chi connectivity index (χ0n) is 16.5. The number of rotatable bonds is 3. The highest BCUT2D eigenvalue weighted by atomic mass is 16.6. The summed E-state index contributed by atoms with van der Waals surface area (Å²) < 4.78 is 5.97. The summed E-state index contributed by atoms with van der Waals surface area (Å²) in [4.78, 5) is 14.8. The van der Waals surface area contributed by atoms with Crippen LogP contribution in [0.25, 0.3) is 0 Å². The van der Waals surface area contributed by atoms with Gasteiger partial charge in [0.15, 0.2) is 5.60 Å². The van der Waals surface area contributed by atoms with Gasteiger partial charge in [0.25, 0.3) is 0 Å². The van der Waals surface area contributed by atoms with Crippen molar-refractivity contribution in [3.8, 4) is 11.8 Å². The molecule has 0 saturated carbocycles. The minimum Gasteiger partial charge on any atom is -0.449 e. The number of aryl methyl sites for hydroxylation is 1. The van der Waals surface area contributed by atoms with Crippen LogP contribution in [0, 0.1) is 11.8 Å². The smallest absolute Gasteiger partial charge is 0.332 e. The van der Waals surface area contributed by atoms with Crippen LogP contribution in [0.4, 0.5) is 0 Å². The minimum absolute atomic E-state index is 0.198. The molecule has 0 amide bonds. The molecule has 0 aromatic heterocycles. The number of carbonyl (C=O) groups excluding carboxylic acids is 1. The first kappa shape index (κ1) is 17.8. The van der Waals surface area contributed by atoms with Crippen LogP contribution in [0.15, 0.2) is 47.6 Å². The third-order valence-electron chi connectivity index (χ3n) is 6.79. The van der Waals surface area contributed by atoms with E-state index in [0.29, 0.717) is 12.1 Å². The molecule has 0 N–H and O–H groups in total. The molecule has 2 bridgehead atoms. The van der Waals surface area contributed by atoms with Crippen molar-refractivity contribution >= 4 is 5.97 Å². The van der Waals surface area contributed by atoms with Gasteiger partial charge in [0.1, 0.15) is 0 Å². The Bertz CT molecular complexity index is 914. The molecule has 0 radical (unpaired) electrons. The Morgan fingerprint density at radius 2 is 2.07 bits per heavy atom. The lowest BCUT2D eigenvalue weighted by atomic mass is 9.77. The molecule has 144 valence electrons. The zero-order valence-corrected chi connectivity index (χ0v) is 16.5. The lowest BCUT2D eigenvalue weighted by molar-refractivity contribution is -0.148. The number of fused-ring (bicyclic) bond motifs is 3. The van der Waals surface area contributed by atoms with Crippen LogP contribution in [-0.4, -0.2) is 35.1 Å². The van der Waals surface area contributed by atoms with Gasteiger partial charge in [-0.15, -0.1) is 0 Å². The van der Waals surface area contributed by atoms with Gasteiger partial charge in [0.2, 0.25) is 0 Å². The highest BCUT2D eigenvalue weighted by molar-refractivity contribution is 5.90. The Morgan fingerprint density at radius 1 is 1.21 bits per heavy atom. The first-order chi connectivity index (χ1) is 13.7. The van der Waals surface area contributed by atoms with Crippen molar-refractivity contribution in [2.24, 2.45) is 0 Å². The van der Waals surface area contributed by atoms with Crippen LogP contribution in [0.3, 0.4) is 0 Å². The summed E-state index contributed by atoms with van der Waals surface area (Å²) in [5.41, 5.74) is 3.96. The number of hydrogen-bond acceptors (Lipinski definition) is 3. The molecule has 2 fully saturated rings. The zero-order chi connectivity index (χ0) is 19.1. The number of piperidine rings is 1. The topological polar surface area (TPSA) is 29.5 Å². The fourth-order valence-corrected chi connectivity index (χ4v) is 5.45. The molecule has 3 nitrogen and oxygen atoms in total. The van der Waals surface area contributed by atoms with Crippen LogP contribution in [0.2, 0.25) is 0 Å². The summed E-state index contributed by atoms with van der Waals surface area (Å²) in [5, 5.41) is 0. The molecule has 5 rings (SSSR count). The van der Waals surface area contributed by atoms with Gasteiger partial charge < -0.3 is 4.74 Å². The quantitative estimate of drug-likeness (QED) is 0.588. The van der Waals surface area contributed by atoms with Crippen molar-refractivity contribution in [2.75, 3.05) is 6.54 Å². The molecule has 3 heteroatoms. The summed E-state index contributed by atoms with van der Waals surface area (Å²) >= 11 is 0. The molecule has 28 heavy (non-hydrogen) atoms. The molecule has 1 aromatic carbocycles. The second kappa shape index (κ2) is 6.94. The van der Waals surface area contributed by atoms with E-state index in [9.17, 15) is 4.79 Å². The van der Waals surface area contributed by atoms with Gasteiger partial charge in [0.05, 0.1) is 6.04 Å². The fourth-order valence-electron chi connectivity index (χ4n) is 5.45. The second-order valence-electron chi connectivity index (χ2n) is 8.52. The van der Waals surface area contributed by atoms with E-state index in [1.165, 1.54) is 31.2 Å². The molecular weight excluding hydrogens is 346 g/mol. The average molecular weight is 373 g/mol. The van der Waals surface area contributed by atoms with Crippen molar-refractivity contribution < 1.29 is 9.53 Å². The molecule has 1 unspecified atom stereocenters. The molecule has 4 aliphatic rings. The van der Waals surface area contributed by atoms with E-state index in [-0.39, 0.29) is 5.97 Å². The number of hydrogen-bond donors (Lipinski definition) is 0. The van der Waals surface area contributed by atoms with Crippen molar-refractivity contribution in [3.63, 3.8) is 0 Å². The van der Waals surface area contributed by atoms with E-state index in [1.807, 2.05) is 0 Å². The summed E-state index contributed by atoms with van der Waals surface area (Å²) in [6.07, 6.45) is 12.0. The van der Waals surface area contributed by atoms with Gasteiger partial charge in [-0.05, 0) is 49.9 Å². The SMILES string of the molecule is CCCCc1ccc(C#CC2=C[C@@H]3C[C@@]4(OC(=O)C=C24)C2CCCCN23)cc1. The number of esters is 1. The maximum absolute atomic E-state index is 12.2. The summed E-state index contributed by atoms with van der Waals surface area (Å²) in [6.45, 7) is 3.31. The van der Waals surface area contributed by atoms with Crippen molar-refractivity contribution in [2.45, 2.75) is 69.6 Å². The lowest BCUT2D eigenvalue weighted by Crippen LogP contribution is -2.48. The monoisotopic (exact) mass is 373 g/mol.